The second kappa shape index (κ2) is 16.5. The molecule has 2 heterocycles. The predicted octanol–water partition coefficient (Wildman–Crippen LogP) is 5.52. The monoisotopic (exact) mass is 622 g/mol. The molecule has 4 rings (SSSR count). The molecule has 13 nitrogen and oxygen atoms in total. The van der Waals surface area contributed by atoms with E-state index >= 15 is 0 Å². The third kappa shape index (κ3) is 9.35. The minimum absolute atomic E-state index is 0.00961. The lowest BCUT2D eigenvalue weighted by atomic mass is 10.1. The van der Waals surface area contributed by atoms with E-state index in [1.54, 1.807) is 48.5 Å². The number of unbranched alkanes of at least 4 members (excludes halogenated alkanes) is 1. The summed E-state index contributed by atoms with van der Waals surface area (Å²) in [5, 5.41) is 6.18. The lowest BCUT2D eigenvalue weighted by Crippen LogP contribution is -2.16. The maximum Gasteiger partial charge on any atom is 0.340 e. The molecule has 2 aromatic carbocycles. The van der Waals surface area contributed by atoms with Crippen molar-refractivity contribution in [2.24, 2.45) is 0 Å². The number of carbonyl (C=O) groups is 2. The molecule has 0 aliphatic heterocycles. The molecule has 0 radical (unpaired) electrons. The van der Waals surface area contributed by atoms with E-state index in [1.807, 2.05) is 13.8 Å². The Labute approximate surface area is 255 Å². The Hall–Kier alpha value is -4.29. The number of ketones is 1. The lowest BCUT2D eigenvalue weighted by Gasteiger charge is -2.14. The van der Waals surface area contributed by atoms with Gasteiger partial charge in [-0.2, -0.15) is 4.98 Å². The number of rotatable bonds is 17. The first-order valence-corrected chi connectivity index (χ1v) is 15.3. The number of nitrogens with one attached hydrogen (secondary N) is 3. The Morgan fingerprint density at radius 2 is 1.66 bits per heavy atom. The van der Waals surface area contributed by atoms with E-state index < -0.39 is 20.1 Å². The Morgan fingerprint density at radius 1 is 0.932 bits per heavy atom. The molecule has 232 valence electrons. The van der Waals surface area contributed by atoms with Crippen LogP contribution in [0.4, 0.5) is 17.3 Å². The zero-order chi connectivity index (χ0) is 31.3. The van der Waals surface area contributed by atoms with Crippen molar-refractivity contribution in [1.29, 1.82) is 0 Å². The van der Waals surface area contributed by atoms with E-state index in [1.165, 1.54) is 13.1 Å². The second-order valence-electron chi connectivity index (χ2n) is 9.34. The number of hydrogen-bond donors (Lipinski definition) is 3. The number of aromatic nitrogens is 4. The highest BCUT2D eigenvalue weighted by Gasteiger charge is 2.15. The van der Waals surface area contributed by atoms with E-state index in [9.17, 15) is 14.4 Å². The number of Topliss-reactive ketones (excluding diaryl/α,β-unsaturated/α-hetero) is 1. The summed E-state index contributed by atoms with van der Waals surface area (Å²) in [6.07, 6.45) is 2.80. The van der Waals surface area contributed by atoms with Crippen molar-refractivity contribution in [1.82, 2.24) is 19.9 Å². The molecule has 3 N–H and O–H groups in total. The van der Waals surface area contributed by atoms with Gasteiger partial charge in [-0.1, -0.05) is 12.1 Å². The van der Waals surface area contributed by atoms with Crippen molar-refractivity contribution in [3.05, 3.63) is 81.9 Å². The van der Waals surface area contributed by atoms with Crippen molar-refractivity contribution in [2.45, 2.75) is 40.2 Å². The van der Waals surface area contributed by atoms with Crippen LogP contribution in [0.15, 0.2) is 59.5 Å². The van der Waals surface area contributed by atoms with Crippen molar-refractivity contribution in [3.8, 4) is 0 Å². The first-order valence-electron chi connectivity index (χ1n) is 14.2. The van der Waals surface area contributed by atoms with Gasteiger partial charge in [-0.05, 0) is 70.0 Å². The zero-order valence-corrected chi connectivity index (χ0v) is 25.7. The Kier molecular flexibility index (Phi) is 12.3. The van der Waals surface area contributed by atoms with Crippen LogP contribution in [0.2, 0.25) is 0 Å². The Morgan fingerprint density at radius 3 is 2.39 bits per heavy atom. The first kappa shape index (κ1) is 32.6. The molecule has 0 amide bonds. The van der Waals surface area contributed by atoms with Crippen LogP contribution < -0.4 is 16.2 Å². The number of ether oxygens (including phenoxy) is 1. The van der Waals surface area contributed by atoms with Gasteiger partial charge in [0.15, 0.2) is 16.9 Å². The van der Waals surface area contributed by atoms with E-state index in [0.29, 0.717) is 56.2 Å². The van der Waals surface area contributed by atoms with Crippen LogP contribution in [0.25, 0.3) is 11.2 Å². The minimum atomic E-state index is -1.36. The molecule has 0 saturated carbocycles. The van der Waals surface area contributed by atoms with Crippen molar-refractivity contribution in [3.63, 3.8) is 0 Å². The molecular formula is C30H35N6O7P. The summed E-state index contributed by atoms with van der Waals surface area (Å²) in [5.41, 5.74) is 2.37. The summed E-state index contributed by atoms with van der Waals surface area (Å²) in [6, 6.07) is 13.8. The maximum atomic E-state index is 12.9. The highest BCUT2D eigenvalue weighted by molar-refractivity contribution is 7.41. The number of hydrogen-bond acceptors (Lipinski definition) is 12. The third-order valence-electron chi connectivity index (χ3n) is 6.07. The Bertz CT molecular complexity index is 1610. The summed E-state index contributed by atoms with van der Waals surface area (Å²) >= 11 is 0. The molecule has 0 aliphatic rings. The molecule has 0 atom stereocenters. The quantitative estimate of drug-likeness (QED) is 0.0584. The fourth-order valence-corrected chi connectivity index (χ4v) is 4.84. The zero-order valence-electron chi connectivity index (χ0n) is 24.8. The first-order chi connectivity index (χ1) is 21.4. The highest BCUT2D eigenvalue weighted by atomic mass is 31.2. The molecule has 14 heteroatoms. The molecule has 0 unspecified atom stereocenters. The van der Waals surface area contributed by atoms with Gasteiger partial charge in [-0.15, -0.1) is 0 Å². The van der Waals surface area contributed by atoms with Gasteiger partial charge in [0.25, 0.3) is 5.56 Å². The molecule has 4 aromatic rings. The summed E-state index contributed by atoms with van der Waals surface area (Å²) in [6.45, 7) is 7.23. The lowest BCUT2D eigenvalue weighted by molar-refractivity contribution is 0.0492. The van der Waals surface area contributed by atoms with Gasteiger partial charge in [0.05, 0.1) is 56.1 Å². The van der Waals surface area contributed by atoms with E-state index in [0.717, 1.165) is 5.69 Å². The van der Waals surface area contributed by atoms with E-state index in [4.69, 9.17) is 18.3 Å². The summed E-state index contributed by atoms with van der Waals surface area (Å²) in [4.78, 5) is 52.9. The summed E-state index contributed by atoms with van der Waals surface area (Å²) in [7, 11) is -1.36. The average molecular weight is 623 g/mol. The van der Waals surface area contributed by atoms with Gasteiger partial charge in [0, 0.05) is 11.3 Å². The maximum absolute atomic E-state index is 12.9. The van der Waals surface area contributed by atoms with Gasteiger partial charge in [-0.25, -0.2) is 14.8 Å². The van der Waals surface area contributed by atoms with Gasteiger partial charge in [0.2, 0.25) is 5.95 Å². The highest BCUT2D eigenvalue weighted by Crippen LogP contribution is 2.39. The standard InChI is InChI=1S/C30H35N6O7P/c1-4-41-44(42-5-2)43-17-9-8-16-40-29(39)24-10-6-7-11-25(24)34-30-35-27-26(28(38)36-30)33-23(19-32-27)18-31-22-14-12-21(13-15-22)20(3)37/h6-7,10-15,19,31H,4-5,8-9,16-18H2,1-3H3,(H2,32,34,35,36,38). The predicted molar refractivity (Wildman–Crippen MR) is 167 cm³/mol. The number of para-hydroxylation sites is 1. The SMILES string of the molecule is CCOP(OCC)OCCCCOC(=O)c1ccccc1Nc1nc2ncc(CNc3ccc(C(C)=O)cc3)nc2c(=O)[nH]1. The number of aromatic amines is 1. The number of anilines is 3. The number of carbonyl (C=O) groups excluding carboxylic acids is 2. The number of esters is 1. The van der Waals surface area contributed by atoms with Crippen LogP contribution >= 0.6 is 8.60 Å². The van der Waals surface area contributed by atoms with Crippen LogP contribution in [0.1, 0.15) is 60.0 Å². The van der Waals surface area contributed by atoms with E-state index in [2.05, 4.69) is 30.6 Å². The fourth-order valence-electron chi connectivity index (χ4n) is 3.92. The smallest absolute Gasteiger partial charge is 0.340 e. The molecule has 0 spiro atoms. The number of benzene rings is 2. The van der Waals surface area contributed by atoms with Crippen LogP contribution in [0, 0.1) is 0 Å². The average Bonchev–Trinajstić information content (AvgIpc) is 3.02. The van der Waals surface area contributed by atoms with Gasteiger partial charge < -0.3 is 28.9 Å². The van der Waals surface area contributed by atoms with Crippen molar-refractivity contribution < 1.29 is 27.9 Å². The number of fused-ring (bicyclic) bond motifs is 1. The number of H-pyrrole nitrogens is 1. The molecule has 0 aliphatic carbocycles. The van der Waals surface area contributed by atoms with Crippen LogP contribution in [-0.4, -0.2) is 58.1 Å². The van der Waals surface area contributed by atoms with Crippen LogP contribution in [-0.2, 0) is 24.9 Å². The molecule has 0 fully saturated rings. The normalized spacial score (nSPS) is 11.1. The summed E-state index contributed by atoms with van der Waals surface area (Å²) < 4.78 is 21.9. The van der Waals surface area contributed by atoms with Gasteiger partial charge >= 0.3 is 14.6 Å². The van der Waals surface area contributed by atoms with Crippen LogP contribution in [0.5, 0.6) is 0 Å². The molecule has 0 saturated heterocycles. The topological polar surface area (TPSA) is 167 Å². The number of nitrogens with zero attached hydrogens (tertiary/aromatic N) is 3. The van der Waals surface area contributed by atoms with Crippen molar-refractivity contribution in [2.75, 3.05) is 37.1 Å². The molecule has 0 bridgehead atoms. The van der Waals surface area contributed by atoms with Crippen LogP contribution in [0.3, 0.4) is 0 Å². The van der Waals surface area contributed by atoms with Crippen molar-refractivity contribution >= 4 is 48.8 Å². The van der Waals surface area contributed by atoms with Gasteiger partial charge in [0.1, 0.15) is 0 Å². The summed E-state index contributed by atoms with van der Waals surface area (Å²) in [5.74, 6) is -0.425. The minimum Gasteiger partial charge on any atom is -0.462 e. The second-order valence-corrected chi connectivity index (χ2v) is 10.6. The fraction of sp³-hybridized carbons (Fsp3) is 0.333. The molecule has 2 aromatic heterocycles. The molecular weight excluding hydrogens is 587 g/mol. The van der Waals surface area contributed by atoms with Gasteiger partial charge in [-0.3, -0.25) is 14.6 Å². The molecule has 44 heavy (non-hydrogen) atoms. The Balaban J connectivity index is 1.34. The largest absolute Gasteiger partial charge is 0.462 e. The third-order valence-corrected chi connectivity index (χ3v) is 7.40. The van der Waals surface area contributed by atoms with E-state index in [-0.39, 0.29) is 35.1 Å².